The molecule has 1 atom stereocenters. The molecular weight excluding hydrogens is 276 g/mol. The van der Waals surface area contributed by atoms with E-state index >= 15 is 0 Å². The number of hydrogen-bond acceptors (Lipinski definition) is 8. The summed E-state index contributed by atoms with van der Waals surface area (Å²) in [7, 11) is 0. The predicted octanol–water partition coefficient (Wildman–Crippen LogP) is 0.408. The zero-order chi connectivity index (χ0) is 15.2. The van der Waals surface area contributed by atoms with Crippen molar-refractivity contribution in [3.8, 4) is 0 Å². The predicted molar refractivity (Wildman–Crippen MR) is 79.0 cm³/mol. The highest BCUT2D eigenvalue weighted by Gasteiger charge is 2.16. The number of ether oxygens (including phenoxy) is 1. The average molecular weight is 296 g/mol. The van der Waals surface area contributed by atoms with Gasteiger partial charge in [-0.05, 0) is 6.92 Å². The van der Waals surface area contributed by atoms with Gasteiger partial charge < -0.3 is 15.5 Å². The third-order valence-corrected chi connectivity index (χ3v) is 3.20. The molecule has 2 rings (SSSR count). The molecule has 4 N–H and O–H groups in total. The van der Waals surface area contributed by atoms with Crippen LogP contribution in [0.15, 0.2) is 12.1 Å². The second-order valence-electron chi connectivity index (χ2n) is 4.96. The van der Waals surface area contributed by atoms with Crippen molar-refractivity contribution in [2.75, 3.05) is 43.6 Å². The summed E-state index contributed by atoms with van der Waals surface area (Å²) in [4.78, 5) is 16.9. The Morgan fingerprint density at radius 1 is 1.48 bits per heavy atom. The Bertz CT molecular complexity index is 492. The highest BCUT2D eigenvalue weighted by atomic mass is 16.6. The lowest BCUT2D eigenvalue weighted by Gasteiger charge is -2.29. The number of aromatic nitrogens is 1. The maximum Gasteiger partial charge on any atom is 0.276 e. The number of nitrogens with one attached hydrogen (secondary N) is 2. The standard InChI is InChI=1S/C12H20N6O3/c1-9(8-17-2-4-21-5-3-17)14-11-6-10(18(19)20)7-12(15-11)16-13/h6-7,9H,2-5,8,13H2,1H3,(H2,14,15,16). The number of hydrazine groups is 1. The van der Waals surface area contributed by atoms with Gasteiger partial charge in [0, 0.05) is 25.7 Å². The Labute approximate surface area is 122 Å². The van der Waals surface area contributed by atoms with Crippen molar-refractivity contribution in [2.45, 2.75) is 13.0 Å². The van der Waals surface area contributed by atoms with Gasteiger partial charge in [-0.1, -0.05) is 0 Å². The molecule has 0 spiro atoms. The molecule has 0 amide bonds. The number of nitrogens with zero attached hydrogens (tertiary/aromatic N) is 3. The van der Waals surface area contributed by atoms with Crippen molar-refractivity contribution < 1.29 is 9.66 Å². The number of morpholine rings is 1. The molecule has 1 aliphatic heterocycles. The van der Waals surface area contributed by atoms with Crippen molar-refractivity contribution >= 4 is 17.3 Å². The van der Waals surface area contributed by atoms with Crippen molar-refractivity contribution in [3.05, 3.63) is 22.2 Å². The second-order valence-corrected chi connectivity index (χ2v) is 4.96. The third-order valence-electron chi connectivity index (χ3n) is 3.20. The zero-order valence-electron chi connectivity index (χ0n) is 11.9. The van der Waals surface area contributed by atoms with Gasteiger partial charge in [-0.15, -0.1) is 0 Å². The molecule has 1 saturated heterocycles. The SMILES string of the molecule is CC(CN1CCOCC1)Nc1cc([N+](=O)[O-])cc(NN)n1. The number of anilines is 2. The topological polar surface area (TPSA) is 119 Å². The van der Waals surface area contributed by atoms with Gasteiger partial charge in [0.2, 0.25) is 0 Å². The van der Waals surface area contributed by atoms with Gasteiger partial charge in [0.15, 0.2) is 0 Å². The van der Waals surface area contributed by atoms with E-state index in [4.69, 9.17) is 10.6 Å². The Morgan fingerprint density at radius 3 is 2.76 bits per heavy atom. The number of nitro groups is 1. The van der Waals surface area contributed by atoms with Crippen molar-refractivity contribution in [1.82, 2.24) is 9.88 Å². The number of nitrogen functional groups attached to an aromatic ring is 1. The average Bonchev–Trinajstić information content (AvgIpc) is 2.47. The van der Waals surface area contributed by atoms with E-state index in [0.29, 0.717) is 5.82 Å². The number of hydrogen-bond donors (Lipinski definition) is 3. The summed E-state index contributed by atoms with van der Waals surface area (Å²) in [6, 6.07) is 2.79. The summed E-state index contributed by atoms with van der Waals surface area (Å²) in [5.74, 6) is 5.97. The van der Waals surface area contributed by atoms with Crippen molar-refractivity contribution in [2.24, 2.45) is 5.84 Å². The molecule has 9 nitrogen and oxygen atoms in total. The number of nitrogens with two attached hydrogens (primary N) is 1. The second kappa shape index (κ2) is 7.16. The molecule has 1 unspecified atom stereocenters. The van der Waals surface area contributed by atoms with E-state index in [9.17, 15) is 10.1 Å². The van der Waals surface area contributed by atoms with Gasteiger partial charge in [-0.3, -0.25) is 15.0 Å². The maximum atomic E-state index is 10.9. The molecule has 1 aromatic rings. The summed E-state index contributed by atoms with van der Waals surface area (Å²) in [5.41, 5.74) is 2.28. The Balaban J connectivity index is 2.00. The van der Waals surface area contributed by atoms with E-state index in [1.165, 1.54) is 12.1 Å². The van der Waals surface area contributed by atoms with Crippen LogP contribution < -0.4 is 16.6 Å². The van der Waals surface area contributed by atoms with Crippen LogP contribution in [0.2, 0.25) is 0 Å². The summed E-state index contributed by atoms with van der Waals surface area (Å²) in [5, 5.41) is 14.0. The smallest absolute Gasteiger partial charge is 0.276 e. The number of pyridine rings is 1. The lowest BCUT2D eigenvalue weighted by molar-refractivity contribution is -0.384. The zero-order valence-corrected chi connectivity index (χ0v) is 11.9. The minimum Gasteiger partial charge on any atom is -0.379 e. The fourth-order valence-corrected chi connectivity index (χ4v) is 2.24. The molecule has 0 aromatic carbocycles. The first-order valence-corrected chi connectivity index (χ1v) is 6.78. The van der Waals surface area contributed by atoms with Gasteiger partial charge in [0.25, 0.3) is 5.69 Å². The fraction of sp³-hybridized carbons (Fsp3) is 0.583. The summed E-state index contributed by atoms with van der Waals surface area (Å²) in [6.45, 7) is 6.09. The first kappa shape index (κ1) is 15.4. The number of rotatable bonds is 6. The van der Waals surface area contributed by atoms with E-state index in [2.05, 4.69) is 20.6 Å². The monoisotopic (exact) mass is 296 g/mol. The summed E-state index contributed by atoms with van der Waals surface area (Å²) < 4.78 is 5.30. The van der Waals surface area contributed by atoms with E-state index in [1.54, 1.807) is 0 Å². The first-order chi connectivity index (χ1) is 10.1. The van der Waals surface area contributed by atoms with Crippen LogP contribution in [0.5, 0.6) is 0 Å². The van der Waals surface area contributed by atoms with Gasteiger partial charge in [-0.2, -0.15) is 0 Å². The molecule has 0 radical (unpaired) electrons. The van der Waals surface area contributed by atoms with Crippen LogP contribution in [0.3, 0.4) is 0 Å². The molecule has 2 heterocycles. The lowest BCUT2D eigenvalue weighted by atomic mass is 10.2. The van der Waals surface area contributed by atoms with Gasteiger partial charge >= 0.3 is 0 Å². The molecule has 1 fully saturated rings. The molecule has 1 aliphatic rings. The first-order valence-electron chi connectivity index (χ1n) is 6.78. The van der Waals surface area contributed by atoms with E-state index in [1.807, 2.05) is 6.92 Å². The quantitative estimate of drug-likeness (QED) is 0.392. The molecule has 0 saturated carbocycles. The van der Waals surface area contributed by atoms with Gasteiger partial charge in [0.1, 0.15) is 11.6 Å². The highest BCUT2D eigenvalue weighted by Crippen LogP contribution is 2.20. The van der Waals surface area contributed by atoms with Crippen LogP contribution in [-0.4, -0.2) is 53.7 Å². The minimum absolute atomic E-state index is 0.0565. The maximum absolute atomic E-state index is 10.9. The highest BCUT2D eigenvalue weighted by molar-refractivity contribution is 5.54. The van der Waals surface area contributed by atoms with Crippen LogP contribution in [0.4, 0.5) is 17.3 Å². The van der Waals surface area contributed by atoms with Crippen molar-refractivity contribution in [3.63, 3.8) is 0 Å². The third kappa shape index (κ3) is 4.52. The lowest BCUT2D eigenvalue weighted by Crippen LogP contribution is -2.42. The van der Waals surface area contributed by atoms with E-state index in [0.717, 1.165) is 32.8 Å². The Hall–Kier alpha value is -1.97. The largest absolute Gasteiger partial charge is 0.379 e. The molecule has 21 heavy (non-hydrogen) atoms. The molecule has 9 heteroatoms. The van der Waals surface area contributed by atoms with E-state index in [-0.39, 0.29) is 17.5 Å². The van der Waals surface area contributed by atoms with Gasteiger partial charge in [-0.25, -0.2) is 10.8 Å². The summed E-state index contributed by atoms with van der Waals surface area (Å²) in [6.07, 6.45) is 0. The summed E-state index contributed by atoms with van der Waals surface area (Å²) >= 11 is 0. The fourth-order valence-electron chi connectivity index (χ4n) is 2.24. The van der Waals surface area contributed by atoms with Crippen LogP contribution in [0, 0.1) is 10.1 Å². The van der Waals surface area contributed by atoms with Crippen LogP contribution >= 0.6 is 0 Å². The van der Waals surface area contributed by atoms with Crippen molar-refractivity contribution in [1.29, 1.82) is 0 Å². The molecule has 116 valence electrons. The minimum atomic E-state index is -0.472. The Morgan fingerprint density at radius 2 is 2.14 bits per heavy atom. The molecule has 1 aromatic heterocycles. The van der Waals surface area contributed by atoms with Crippen LogP contribution in [0.1, 0.15) is 6.92 Å². The normalized spacial score (nSPS) is 17.2. The van der Waals surface area contributed by atoms with Gasteiger partial charge in [0.05, 0.1) is 30.3 Å². The Kier molecular flexibility index (Phi) is 5.26. The van der Waals surface area contributed by atoms with Crippen LogP contribution in [-0.2, 0) is 4.74 Å². The molecule has 0 bridgehead atoms. The molecule has 0 aliphatic carbocycles. The molecular formula is C12H20N6O3. The van der Waals surface area contributed by atoms with E-state index < -0.39 is 4.92 Å². The van der Waals surface area contributed by atoms with Crippen LogP contribution in [0.25, 0.3) is 0 Å².